The minimum Gasteiger partial charge on any atom is -0.507 e. The first kappa shape index (κ1) is 22.7. The summed E-state index contributed by atoms with van der Waals surface area (Å²) in [6, 6.07) is 10.2. The van der Waals surface area contributed by atoms with Crippen LogP contribution >= 0.6 is 11.6 Å². The Kier molecular flexibility index (Phi) is 7.20. The van der Waals surface area contributed by atoms with Crippen molar-refractivity contribution in [3.63, 3.8) is 0 Å². The number of benzene rings is 2. The van der Waals surface area contributed by atoms with Gasteiger partial charge in [0.15, 0.2) is 0 Å². The third-order valence-corrected chi connectivity index (χ3v) is 5.27. The number of likely N-dealkylation sites (tertiary alicyclic amines) is 1. The van der Waals surface area contributed by atoms with Crippen molar-refractivity contribution >= 4 is 29.1 Å². The number of halogens is 1. The molecule has 1 fully saturated rings. The Labute approximate surface area is 185 Å². The van der Waals surface area contributed by atoms with E-state index in [-0.39, 0.29) is 35.3 Å². The molecular formula is C23H24ClNO6. The molecule has 2 aromatic carbocycles. The summed E-state index contributed by atoms with van der Waals surface area (Å²) in [7, 11) is 1.49. The van der Waals surface area contributed by atoms with E-state index >= 15 is 0 Å². The maximum Gasteiger partial charge on any atom is 0.295 e. The normalized spacial score (nSPS) is 17.9. The van der Waals surface area contributed by atoms with Gasteiger partial charge in [0.1, 0.15) is 17.3 Å². The van der Waals surface area contributed by atoms with E-state index in [2.05, 4.69) is 0 Å². The first-order chi connectivity index (χ1) is 14.9. The van der Waals surface area contributed by atoms with Crippen LogP contribution < -0.4 is 4.74 Å². The molecule has 2 aromatic rings. The van der Waals surface area contributed by atoms with Crippen LogP contribution in [0.4, 0.5) is 0 Å². The van der Waals surface area contributed by atoms with E-state index in [0.717, 1.165) is 6.42 Å². The van der Waals surface area contributed by atoms with Gasteiger partial charge in [-0.2, -0.15) is 0 Å². The quantitative estimate of drug-likeness (QED) is 0.363. The average molecular weight is 446 g/mol. The van der Waals surface area contributed by atoms with E-state index in [1.807, 2.05) is 6.92 Å². The molecule has 0 radical (unpaired) electrons. The minimum absolute atomic E-state index is 0.0508. The highest BCUT2D eigenvalue weighted by Gasteiger charge is 2.46. The highest BCUT2D eigenvalue weighted by molar-refractivity contribution is 6.46. The molecule has 164 valence electrons. The molecule has 0 aliphatic carbocycles. The third-order valence-electron chi connectivity index (χ3n) is 4.96. The van der Waals surface area contributed by atoms with E-state index in [9.17, 15) is 19.8 Å². The second kappa shape index (κ2) is 9.85. The van der Waals surface area contributed by atoms with Gasteiger partial charge in [-0.15, -0.1) is 0 Å². The number of hydrogen-bond acceptors (Lipinski definition) is 6. The maximum atomic E-state index is 12.9. The summed E-state index contributed by atoms with van der Waals surface area (Å²) in [5.41, 5.74) is 0.816. The van der Waals surface area contributed by atoms with Crippen LogP contribution in [0.25, 0.3) is 5.76 Å². The van der Waals surface area contributed by atoms with Crippen molar-refractivity contribution in [3.8, 4) is 11.5 Å². The Bertz CT molecular complexity index is 1000. The van der Waals surface area contributed by atoms with Gasteiger partial charge in [0.2, 0.25) is 0 Å². The number of phenolic OH excluding ortho intramolecular Hbond substituents is 1. The number of aliphatic hydroxyl groups is 1. The summed E-state index contributed by atoms with van der Waals surface area (Å²) < 4.78 is 10.6. The summed E-state index contributed by atoms with van der Waals surface area (Å²) in [5, 5.41) is 20.8. The molecule has 8 heteroatoms. The van der Waals surface area contributed by atoms with Gasteiger partial charge in [-0.25, -0.2) is 0 Å². The van der Waals surface area contributed by atoms with E-state index < -0.39 is 17.7 Å². The number of Topliss-reactive ketones (excluding diaryl/α,β-unsaturated/α-hetero) is 1. The lowest BCUT2D eigenvalue weighted by atomic mass is 9.95. The molecule has 0 spiro atoms. The van der Waals surface area contributed by atoms with Gasteiger partial charge < -0.3 is 24.6 Å². The van der Waals surface area contributed by atoms with Crippen molar-refractivity contribution in [2.45, 2.75) is 19.4 Å². The molecule has 31 heavy (non-hydrogen) atoms. The standard InChI is InChI=1S/C23H24ClNO6/c1-3-11-31-16-7-4-14(5-8-16)21(27)19-20(15-6-9-18(26)17(24)13-15)25(10-12-30-2)23(29)22(19)28/h4-9,13,20,26-27H,3,10-12H2,1-2H3/b21-19-. The molecule has 0 aromatic heterocycles. The van der Waals surface area contributed by atoms with Crippen LogP contribution in [0.1, 0.15) is 30.5 Å². The fourth-order valence-corrected chi connectivity index (χ4v) is 3.61. The highest BCUT2D eigenvalue weighted by atomic mass is 35.5. The molecule has 7 nitrogen and oxygen atoms in total. The first-order valence-corrected chi connectivity index (χ1v) is 10.3. The zero-order valence-corrected chi connectivity index (χ0v) is 18.1. The number of nitrogens with zero attached hydrogens (tertiary/aromatic N) is 1. The SMILES string of the molecule is CCCOc1ccc(/C(O)=C2/C(=O)C(=O)N(CCOC)C2c2ccc(O)c(Cl)c2)cc1. The van der Waals surface area contributed by atoms with Crippen molar-refractivity contribution in [1.29, 1.82) is 0 Å². The molecule has 2 N–H and O–H groups in total. The Hall–Kier alpha value is -3.03. The minimum atomic E-state index is -0.871. The number of aromatic hydroxyl groups is 1. The van der Waals surface area contributed by atoms with Crippen LogP contribution in [0, 0.1) is 0 Å². The third kappa shape index (κ3) is 4.68. The Morgan fingerprint density at radius 1 is 1.13 bits per heavy atom. The molecule has 0 saturated carbocycles. The van der Waals surface area contributed by atoms with Crippen molar-refractivity contribution in [3.05, 3.63) is 64.2 Å². The van der Waals surface area contributed by atoms with E-state index in [1.165, 1.54) is 24.1 Å². The Morgan fingerprint density at radius 3 is 2.45 bits per heavy atom. The number of carbonyl (C=O) groups is 2. The van der Waals surface area contributed by atoms with Gasteiger partial charge in [0.05, 0.1) is 29.9 Å². The molecule has 1 saturated heterocycles. The lowest BCUT2D eigenvalue weighted by Crippen LogP contribution is -2.32. The number of rotatable bonds is 8. The average Bonchev–Trinajstić information content (AvgIpc) is 3.02. The van der Waals surface area contributed by atoms with Crippen molar-refractivity contribution in [2.75, 3.05) is 26.9 Å². The number of ether oxygens (including phenoxy) is 2. The molecule has 1 aliphatic rings. The van der Waals surface area contributed by atoms with Crippen LogP contribution in [-0.2, 0) is 14.3 Å². The monoisotopic (exact) mass is 445 g/mol. The van der Waals surface area contributed by atoms with Crippen molar-refractivity contribution < 1.29 is 29.3 Å². The number of phenols is 1. The summed E-state index contributed by atoms with van der Waals surface area (Å²) in [5.74, 6) is -1.32. The number of methoxy groups -OCH3 is 1. The van der Waals surface area contributed by atoms with E-state index in [1.54, 1.807) is 30.3 Å². The molecule has 1 unspecified atom stereocenters. The van der Waals surface area contributed by atoms with Crippen LogP contribution in [0.3, 0.4) is 0 Å². The van der Waals surface area contributed by atoms with Gasteiger partial charge in [0, 0.05) is 19.2 Å². The first-order valence-electron chi connectivity index (χ1n) is 9.88. The van der Waals surface area contributed by atoms with Gasteiger partial charge in [0.25, 0.3) is 11.7 Å². The Balaban J connectivity index is 2.08. The molecule has 3 rings (SSSR count). The van der Waals surface area contributed by atoms with Crippen LogP contribution in [-0.4, -0.2) is 53.7 Å². The van der Waals surface area contributed by atoms with Crippen LogP contribution in [0.5, 0.6) is 11.5 Å². The van der Waals surface area contributed by atoms with Crippen LogP contribution in [0.15, 0.2) is 48.0 Å². The lowest BCUT2D eigenvalue weighted by Gasteiger charge is -2.25. The molecular weight excluding hydrogens is 422 g/mol. The topological polar surface area (TPSA) is 96.3 Å². The zero-order chi connectivity index (χ0) is 22.5. The number of hydrogen-bond donors (Lipinski definition) is 2. The summed E-state index contributed by atoms with van der Waals surface area (Å²) in [6.07, 6.45) is 0.863. The number of aliphatic hydroxyl groups excluding tert-OH is 1. The maximum absolute atomic E-state index is 12.9. The number of ketones is 1. The molecule has 1 atom stereocenters. The van der Waals surface area contributed by atoms with Gasteiger partial charge in [-0.1, -0.05) is 24.6 Å². The highest BCUT2D eigenvalue weighted by Crippen LogP contribution is 2.41. The number of amides is 1. The van der Waals surface area contributed by atoms with Crippen molar-refractivity contribution in [1.82, 2.24) is 4.90 Å². The molecule has 1 amide bonds. The van der Waals surface area contributed by atoms with Gasteiger partial charge >= 0.3 is 0 Å². The summed E-state index contributed by atoms with van der Waals surface area (Å²) in [4.78, 5) is 27.0. The predicted octanol–water partition coefficient (Wildman–Crippen LogP) is 3.90. The van der Waals surface area contributed by atoms with E-state index in [4.69, 9.17) is 21.1 Å². The second-order valence-electron chi connectivity index (χ2n) is 7.07. The summed E-state index contributed by atoms with van der Waals surface area (Å²) >= 11 is 6.06. The van der Waals surface area contributed by atoms with Gasteiger partial charge in [-0.05, 0) is 48.4 Å². The second-order valence-corrected chi connectivity index (χ2v) is 7.48. The lowest BCUT2D eigenvalue weighted by molar-refractivity contribution is -0.140. The number of carbonyl (C=O) groups excluding carboxylic acids is 2. The fraction of sp³-hybridized carbons (Fsp3) is 0.304. The molecule has 1 aliphatic heterocycles. The predicted molar refractivity (Wildman–Crippen MR) is 116 cm³/mol. The largest absolute Gasteiger partial charge is 0.507 e. The smallest absolute Gasteiger partial charge is 0.295 e. The molecule has 0 bridgehead atoms. The Morgan fingerprint density at radius 2 is 1.84 bits per heavy atom. The van der Waals surface area contributed by atoms with Crippen LogP contribution in [0.2, 0.25) is 5.02 Å². The van der Waals surface area contributed by atoms with E-state index in [0.29, 0.717) is 23.5 Å². The van der Waals surface area contributed by atoms with Crippen molar-refractivity contribution in [2.24, 2.45) is 0 Å². The zero-order valence-electron chi connectivity index (χ0n) is 17.3. The molecule has 1 heterocycles. The summed E-state index contributed by atoms with van der Waals surface area (Å²) in [6.45, 7) is 2.92. The fourth-order valence-electron chi connectivity index (χ4n) is 3.42. The van der Waals surface area contributed by atoms with Gasteiger partial charge in [-0.3, -0.25) is 9.59 Å².